The summed E-state index contributed by atoms with van der Waals surface area (Å²) >= 11 is 5.66. The molecule has 4 heteroatoms. The van der Waals surface area contributed by atoms with Crippen molar-refractivity contribution in [2.75, 3.05) is 7.05 Å². The Bertz CT molecular complexity index is 278. The second kappa shape index (κ2) is 3.83. The van der Waals surface area contributed by atoms with Crippen molar-refractivity contribution in [1.29, 1.82) is 0 Å². The van der Waals surface area contributed by atoms with Crippen LogP contribution in [-0.4, -0.2) is 12.0 Å². The zero-order valence-corrected chi connectivity index (χ0v) is 7.69. The van der Waals surface area contributed by atoms with Gasteiger partial charge in [0.05, 0.1) is 5.02 Å². The van der Waals surface area contributed by atoms with Gasteiger partial charge in [-0.2, -0.15) is 4.39 Å². The highest BCUT2D eigenvalue weighted by atomic mass is 35.5. The van der Waals surface area contributed by atoms with Gasteiger partial charge < -0.3 is 5.32 Å². The highest BCUT2D eigenvalue weighted by molar-refractivity contribution is 6.30. The van der Waals surface area contributed by atoms with Crippen molar-refractivity contribution in [1.82, 2.24) is 10.3 Å². The topological polar surface area (TPSA) is 24.9 Å². The van der Waals surface area contributed by atoms with Gasteiger partial charge in [0.1, 0.15) is 0 Å². The van der Waals surface area contributed by atoms with Crippen molar-refractivity contribution in [3.05, 3.63) is 28.8 Å². The van der Waals surface area contributed by atoms with Crippen LogP contribution in [0.15, 0.2) is 12.3 Å². The zero-order valence-electron chi connectivity index (χ0n) is 6.94. The molecule has 0 aromatic carbocycles. The fourth-order valence-electron chi connectivity index (χ4n) is 0.897. The van der Waals surface area contributed by atoms with E-state index in [1.807, 2.05) is 6.92 Å². The summed E-state index contributed by atoms with van der Waals surface area (Å²) in [6.07, 6.45) is 1.29. The predicted molar refractivity (Wildman–Crippen MR) is 46.7 cm³/mol. The third-order valence-corrected chi connectivity index (χ3v) is 1.94. The highest BCUT2D eigenvalue weighted by Gasteiger charge is 2.09. The van der Waals surface area contributed by atoms with E-state index in [1.54, 1.807) is 13.1 Å². The van der Waals surface area contributed by atoms with Crippen LogP contribution in [0, 0.1) is 5.95 Å². The number of halogens is 2. The maximum atomic E-state index is 13.0. The summed E-state index contributed by atoms with van der Waals surface area (Å²) in [4.78, 5) is 3.51. The minimum Gasteiger partial charge on any atom is -0.313 e. The van der Waals surface area contributed by atoms with Gasteiger partial charge in [-0.05, 0) is 20.0 Å². The van der Waals surface area contributed by atoms with Gasteiger partial charge in [-0.15, -0.1) is 0 Å². The first-order chi connectivity index (χ1) is 5.65. The first-order valence-electron chi connectivity index (χ1n) is 3.63. The van der Waals surface area contributed by atoms with E-state index in [0.29, 0.717) is 10.6 Å². The molecule has 2 nitrogen and oxygen atoms in total. The average Bonchev–Trinajstić information content (AvgIpc) is 2.08. The normalized spacial score (nSPS) is 13.0. The van der Waals surface area contributed by atoms with Crippen LogP contribution in [0.2, 0.25) is 5.02 Å². The van der Waals surface area contributed by atoms with Crippen LogP contribution in [-0.2, 0) is 0 Å². The molecule has 1 aromatic rings. The van der Waals surface area contributed by atoms with Crippen molar-refractivity contribution in [3.63, 3.8) is 0 Å². The SMILES string of the molecule is CN[C@@H](C)c1cc(Cl)cnc1F. The molecule has 1 N–H and O–H groups in total. The van der Waals surface area contributed by atoms with Gasteiger partial charge in [-0.1, -0.05) is 11.6 Å². The van der Waals surface area contributed by atoms with Crippen LogP contribution in [0.1, 0.15) is 18.5 Å². The van der Waals surface area contributed by atoms with Crippen molar-refractivity contribution in [2.24, 2.45) is 0 Å². The van der Waals surface area contributed by atoms with Gasteiger partial charge in [0.25, 0.3) is 0 Å². The number of rotatable bonds is 2. The van der Waals surface area contributed by atoms with E-state index < -0.39 is 5.95 Å². The molecular weight excluding hydrogens is 179 g/mol. The van der Waals surface area contributed by atoms with E-state index >= 15 is 0 Å². The molecule has 0 aliphatic heterocycles. The lowest BCUT2D eigenvalue weighted by Gasteiger charge is -2.10. The highest BCUT2D eigenvalue weighted by Crippen LogP contribution is 2.18. The third-order valence-electron chi connectivity index (χ3n) is 1.73. The van der Waals surface area contributed by atoms with Crippen molar-refractivity contribution in [2.45, 2.75) is 13.0 Å². The number of hydrogen-bond acceptors (Lipinski definition) is 2. The monoisotopic (exact) mass is 188 g/mol. The lowest BCUT2D eigenvalue weighted by molar-refractivity contribution is 0.530. The molecule has 0 amide bonds. The molecule has 0 saturated carbocycles. The summed E-state index contributed by atoms with van der Waals surface area (Å²) in [6, 6.07) is 1.50. The summed E-state index contributed by atoms with van der Waals surface area (Å²) in [6.45, 7) is 1.84. The van der Waals surface area contributed by atoms with Crippen LogP contribution in [0.3, 0.4) is 0 Å². The Kier molecular flexibility index (Phi) is 3.00. The molecule has 0 radical (unpaired) electrons. The van der Waals surface area contributed by atoms with Crippen molar-refractivity contribution < 1.29 is 4.39 Å². The molecule has 1 rings (SSSR count). The minimum absolute atomic E-state index is 0.0730. The van der Waals surface area contributed by atoms with Gasteiger partial charge in [0.15, 0.2) is 0 Å². The zero-order chi connectivity index (χ0) is 9.14. The van der Waals surface area contributed by atoms with Crippen LogP contribution >= 0.6 is 11.6 Å². The van der Waals surface area contributed by atoms with Gasteiger partial charge >= 0.3 is 0 Å². The lowest BCUT2D eigenvalue weighted by Crippen LogP contribution is -2.14. The molecular formula is C8H10ClFN2. The number of nitrogens with one attached hydrogen (secondary N) is 1. The Morgan fingerprint density at radius 2 is 2.33 bits per heavy atom. The third kappa shape index (κ3) is 1.93. The molecule has 0 saturated heterocycles. The second-order valence-electron chi connectivity index (χ2n) is 2.54. The maximum absolute atomic E-state index is 13.0. The summed E-state index contributed by atoms with van der Waals surface area (Å²) in [7, 11) is 1.75. The molecule has 0 bridgehead atoms. The minimum atomic E-state index is -0.471. The molecule has 0 unspecified atom stereocenters. The first kappa shape index (κ1) is 9.42. The van der Waals surface area contributed by atoms with Crippen molar-refractivity contribution in [3.8, 4) is 0 Å². The number of nitrogens with zero attached hydrogens (tertiary/aromatic N) is 1. The van der Waals surface area contributed by atoms with Crippen LogP contribution in [0.25, 0.3) is 0 Å². The Labute approximate surface area is 75.8 Å². The molecule has 66 valence electrons. The smallest absolute Gasteiger partial charge is 0.217 e. The molecule has 0 fully saturated rings. The number of aromatic nitrogens is 1. The Hall–Kier alpha value is -0.670. The average molecular weight is 189 g/mol. The Morgan fingerprint density at radius 3 is 2.92 bits per heavy atom. The fraction of sp³-hybridized carbons (Fsp3) is 0.375. The molecule has 1 heterocycles. The standard InChI is InChI=1S/C8H10ClFN2/c1-5(11-2)7-3-6(9)4-12-8(7)10/h3-5,11H,1-2H3/t5-/m0/s1. The van der Waals surface area contributed by atoms with E-state index in [9.17, 15) is 4.39 Å². The van der Waals surface area contributed by atoms with E-state index in [0.717, 1.165) is 0 Å². The molecule has 0 aliphatic carbocycles. The Balaban J connectivity index is 3.04. The maximum Gasteiger partial charge on any atom is 0.217 e. The number of hydrogen-bond donors (Lipinski definition) is 1. The van der Waals surface area contributed by atoms with Gasteiger partial charge in [0.2, 0.25) is 5.95 Å². The van der Waals surface area contributed by atoms with Crippen LogP contribution in [0.5, 0.6) is 0 Å². The van der Waals surface area contributed by atoms with E-state index in [-0.39, 0.29) is 6.04 Å². The van der Waals surface area contributed by atoms with Gasteiger partial charge in [-0.25, -0.2) is 4.98 Å². The summed E-state index contributed by atoms with van der Waals surface area (Å²) in [5.41, 5.74) is 0.491. The van der Waals surface area contributed by atoms with Gasteiger partial charge in [0, 0.05) is 17.8 Å². The Morgan fingerprint density at radius 1 is 1.67 bits per heavy atom. The second-order valence-corrected chi connectivity index (χ2v) is 2.98. The fourth-order valence-corrected chi connectivity index (χ4v) is 1.06. The summed E-state index contributed by atoms with van der Waals surface area (Å²) in [5, 5.41) is 3.36. The summed E-state index contributed by atoms with van der Waals surface area (Å²) in [5.74, 6) is -0.471. The van der Waals surface area contributed by atoms with Crippen LogP contribution < -0.4 is 5.32 Å². The first-order valence-corrected chi connectivity index (χ1v) is 4.01. The predicted octanol–water partition coefficient (Wildman–Crippen LogP) is 2.15. The van der Waals surface area contributed by atoms with E-state index in [4.69, 9.17) is 11.6 Å². The van der Waals surface area contributed by atoms with Crippen LogP contribution in [0.4, 0.5) is 4.39 Å². The lowest BCUT2D eigenvalue weighted by atomic mass is 10.1. The van der Waals surface area contributed by atoms with Crippen molar-refractivity contribution >= 4 is 11.6 Å². The molecule has 1 aromatic heterocycles. The molecule has 1 atom stereocenters. The van der Waals surface area contributed by atoms with E-state index in [2.05, 4.69) is 10.3 Å². The number of pyridine rings is 1. The quantitative estimate of drug-likeness (QED) is 0.720. The largest absolute Gasteiger partial charge is 0.313 e. The van der Waals surface area contributed by atoms with E-state index in [1.165, 1.54) is 6.20 Å². The molecule has 0 aliphatic rings. The molecule has 0 spiro atoms. The van der Waals surface area contributed by atoms with Gasteiger partial charge in [-0.3, -0.25) is 0 Å². The summed E-state index contributed by atoms with van der Waals surface area (Å²) < 4.78 is 13.0. The molecule has 12 heavy (non-hydrogen) atoms.